The second-order valence-corrected chi connectivity index (χ2v) is 3.01. The van der Waals surface area contributed by atoms with Crippen LogP contribution in [0.1, 0.15) is 19.8 Å². The Morgan fingerprint density at radius 1 is 1.58 bits per heavy atom. The lowest BCUT2D eigenvalue weighted by Gasteiger charge is -2.10. The summed E-state index contributed by atoms with van der Waals surface area (Å²) in [7, 11) is 0. The van der Waals surface area contributed by atoms with E-state index < -0.39 is 0 Å². The molecule has 12 heavy (non-hydrogen) atoms. The fourth-order valence-electron chi connectivity index (χ4n) is 1.50. The third kappa shape index (κ3) is 2.23. The minimum absolute atomic E-state index is 0.572. The summed E-state index contributed by atoms with van der Waals surface area (Å²) in [5, 5.41) is 0. The number of hydrogen-bond donors (Lipinski definition) is 0. The van der Waals surface area contributed by atoms with Crippen LogP contribution in [0.3, 0.4) is 0 Å². The summed E-state index contributed by atoms with van der Waals surface area (Å²) in [5.74, 6) is 0.572. The highest BCUT2D eigenvalue weighted by Gasteiger charge is 2.07. The molecule has 0 nitrogen and oxygen atoms in total. The van der Waals surface area contributed by atoms with Gasteiger partial charge < -0.3 is 0 Å². The van der Waals surface area contributed by atoms with E-state index in [0.717, 1.165) is 0 Å². The maximum atomic E-state index is 3.82. The zero-order valence-corrected chi connectivity index (χ0v) is 7.66. The van der Waals surface area contributed by atoms with Gasteiger partial charge in [-0.25, -0.2) is 0 Å². The van der Waals surface area contributed by atoms with Crippen LogP contribution in [0.15, 0.2) is 48.6 Å². The van der Waals surface area contributed by atoms with Crippen LogP contribution in [0.2, 0.25) is 0 Å². The van der Waals surface area contributed by atoms with Crippen molar-refractivity contribution in [1.29, 1.82) is 0 Å². The summed E-state index contributed by atoms with van der Waals surface area (Å²) in [6, 6.07) is 0. The molecular formula is C12H16. The van der Waals surface area contributed by atoms with Gasteiger partial charge in [0, 0.05) is 5.92 Å². The first-order valence-electron chi connectivity index (χ1n) is 4.50. The Morgan fingerprint density at radius 2 is 2.42 bits per heavy atom. The quantitative estimate of drug-likeness (QED) is 0.541. The highest BCUT2D eigenvalue weighted by atomic mass is 14.1. The SMILES string of the molecule is C=CC1=CC=CCCC1/C=C\C. The van der Waals surface area contributed by atoms with Crippen LogP contribution in [0.5, 0.6) is 0 Å². The van der Waals surface area contributed by atoms with Crippen LogP contribution in [0.25, 0.3) is 0 Å². The largest absolute Gasteiger partial charge is 0.0988 e. The Hall–Kier alpha value is -1.04. The van der Waals surface area contributed by atoms with E-state index >= 15 is 0 Å². The fourth-order valence-corrected chi connectivity index (χ4v) is 1.50. The molecule has 0 aromatic heterocycles. The van der Waals surface area contributed by atoms with Crippen LogP contribution in [0, 0.1) is 5.92 Å². The Bertz CT molecular complexity index is 228. The maximum absolute atomic E-state index is 3.82. The second kappa shape index (κ2) is 4.76. The molecular weight excluding hydrogens is 144 g/mol. The molecule has 1 aliphatic rings. The first kappa shape index (κ1) is 9.05. The molecule has 0 spiro atoms. The van der Waals surface area contributed by atoms with Gasteiger partial charge in [0.15, 0.2) is 0 Å². The molecule has 1 atom stereocenters. The van der Waals surface area contributed by atoms with Gasteiger partial charge in [-0.3, -0.25) is 0 Å². The van der Waals surface area contributed by atoms with Gasteiger partial charge in [0.2, 0.25) is 0 Å². The van der Waals surface area contributed by atoms with E-state index in [1.165, 1.54) is 18.4 Å². The van der Waals surface area contributed by atoms with Gasteiger partial charge in [0.25, 0.3) is 0 Å². The van der Waals surface area contributed by atoms with E-state index in [1.807, 2.05) is 6.08 Å². The van der Waals surface area contributed by atoms with Crippen LogP contribution in [-0.2, 0) is 0 Å². The molecule has 0 aromatic rings. The van der Waals surface area contributed by atoms with Crippen molar-refractivity contribution < 1.29 is 0 Å². The standard InChI is InChI=1S/C12H16/c1-3-8-12-10-7-5-6-9-11(12)4-2/h3-6,8-9,12H,2,7,10H2,1H3/b8-3-. The molecule has 0 bridgehead atoms. The summed E-state index contributed by atoms with van der Waals surface area (Å²) in [4.78, 5) is 0. The normalized spacial score (nSPS) is 23.8. The summed E-state index contributed by atoms with van der Waals surface area (Å²) >= 11 is 0. The molecule has 64 valence electrons. The lowest BCUT2D eigenvalue weighted by atomic mass is 9.95. The molecule has 1 aliphatic carbocycles. The topological polar surface area (TPSA) is 0 Å². The van der Waals surface area contributed by atoms with Gasteiger partial charge in [-0.05, 0) is 25.3 Å². The van der Waals surface area contributed by atoms with Crippen molar-refractivity contribution in [3.05, 3.63) is 48.6 Å². The molecule has 0 heterocycles. The zero-order chi connectivity index (χ0) is 8.81. The van der Waals surface area contributed by atoms with E-state index in [4.69, 9.17) is 0 Å². The van der Waals surface area contributed by atoms with Crippen LogP contribution >= 0.6 is 0 Å². The van der Waals surface area contributed by atoms with Crippen molar-refractivity contribution in [2.24, 2.45) is 5.92 Å². The van der Waals surface area contributed by atoms with E-state index in [0.29, 0.717) is 5.92 Å². The number of allylic oxidation sites excluding steroid dienone is 7. The van der Waals surface area contributed by atoms with Gasteiger partial charge in [-0.15, -0.1) is 0 Å². The van der Waals surface area contributed by atoms with Crippen molar-refractivity contribution in [2.75, 3.05) is 0 Å². The molecule has 0 saturated heterocycles. The average molecular weight is 160 g/mol. The van der Waals surface area contributed by atoms with E-state index in [-0.39, 0.29) is 0 Å². The van der Waals surface area contributed by atoms with Crippen LogP contribution in [-0.4, -0.2) is 0 Å². The third-order valence-electron chi connectivity index (χ3n) is 2.16. The molecule has 0 saturated carbocycles. The minimum atomic E-state index is 0.572. The summed E-state index contributed by atoms with van der Waals surface area (Å²) < 4.78 is 0. The van der Waals surface area contributed by atoms with E-state index in [1.54, 1.807) is 0 Å². The molecule has 1 unspecified atom stereocenters. The van der Waals surface area contributed by atoms with E-state index in [9.17, 15) is 0 Å². The third-order valence-corrected chi connectivity index (χ3v) is 2.16. The van der Waals surface area contributed by atoms with Crippen molar-refractivity contribution >= 4 is 0 Å². The predicted molar refractivity (Wildman–Crippen MR) is 55.0 cm³/mol. The summed E-state index contributed by atoms with van der Waals surface area (Å²) in [5.41, 5.74) is 1.34. The maximum Gasteiger partial charge on any atom is 0.00205 e. The fraction of sp³-hybridized carbons (Fsp3) is 0.333. The Labute approximate surface area is 75.0 Å². The van der Waals surface area contributed by atoms with Crippen molar-refractivity contribution in [2.45, 2.75) is 19.8 Å². The van der Waals surface area contributed by atoms with Crippen molar-refractivity contribution in [3.8, 4) is 0 Å². The van der Waals surface area contributed by atoms with Gasteiger partial charge in [0.05, 0.1) is 0 Å². The zero-order valence-electron chi connectivity index (χ0n) is 7.66. The highest BCUT2D eigenvalue weighted by Crippen LogP contribution is 2.22. The molecule has 1 rings (SSSR count). The molecule has 0 aliphatic heterocycles. The lowest BCUT2D eigenvalue weighted by Crippen LogP contribution is -1.96. The van der Waals surface area contributed by atoms with Gasteiger partial charge in [0.1, 0.15) is 0 Å². The van der Waals surface area contributed by atoms with Crippen LogP contribution in [0.4, 0.5) is 0 Å². The smallest absolute Gasteiger partial charge is 0.00205 e. The monoisotopic (exact) mass is 160 g/mol. The average Bonchev–Trinajstić information content (AvgIpc) is 2.30. The molecule has 0 heteroatoms. The second-order valence-electron chi connectivity index (χ2n) is 3.01. The van der Waals surface area contributed by atoms with Gasteiger partial charge in [-0.2, -0.15) is 0 Å². The Morgan fingerprint density at radius 3 is 3.08 bits per heavy atom. The van der Waals surface area contributed by atoms with Crippen LogP contribution < -0.4 is 0 Å². The molecule has 0 aromatic carbocycles. The molecule has 0 N–H and O–H groups in total. The first-order chi connectivity index (χ1) is 5.88. The van der Waals surface area contributed by atoms with Crippen molar-refractivity contribution in [1.82, 2.24) is 0 Å². The summed E-state index contributed by atoms with van der Waals surface area (Å²) in [6.45, 7) is 5.89. The number of hydrogen-bond acceptors (Lipinski definition) is 0. The lowest BCUT2D eigenvalue weighted by molar-refractivity contribution is 0.702. The Balaban J connectivity index is 2.78. The highest BCUT2D eigenvalue weighted by molar-refractivity contribution is 5.29. The molecule has 0 fully saturated rings. The molecule has 0 amide bonds. The van der Waals surface area contributed by atoms with E-state index in [2.05, 4.69) is 43.9 Å². The minimum Gasteiger partial charge on any atom is -0.0988 e. The predicted octanol–water partition coefficient (Wildman–Crippen LogP) is 3.64. The first-order valence-corrected chi connectivity index (χ1v) is 4.50. The Kier molecular flexibility index (Phi) is 3.59. The van der Waals surface area contributed by atoms with Crippen molar-refractivity contribution in [3.63, 3.8) is 0 Å². The molecule has 0 radical (unpaired) electrons. The van der Waals surface area contributed by atoms with Gasteiger partial charge in [-0.1, -0.05) is 43.0 Å². The van der Waals surface area contributed by atoms with Gasteiger partial charge >= 0.3 is 0 Å². The number of rotatable bonds is 2. The summed E-state index contributed by atoms with van der Waals surface area (Å²) in [6.07, 6.45) is 15.2.